The molecule has 2 aromatic rings. The van der Waals surface area contributed by atoms with Gasteiger partial charge in [-0.2, -0.15) is 5.26 Å². The SMILES string of the molecule is Cc1c(F)c(F)cc(C2C(C#N)=C(N)Oc3cc(N(C)C)ccc32)c1F. The summed E-state index contributed by atoms with van der Waals surface area (Å²) >= 11 is 0. The second-order valence-corrected chi connectivity index (χ2v) is 6.24. The van der Waals surface area contributed by atoms with Crippen LogP contribution in [0.1, 0.15) is 22.6 Å². The third-order valence-corrected chi connectivity index (χ3v) is 4.43. The van der Waals surface area contributed by atoms with Crippen molar-refractivity contribution in [3.63, 3.8) is 0 Å². The van der Waals surface area contributed by atoms with Crippen LogP contribution in [0.2, 0.25) is 0 Å². The van der Waals surface area contributed by atoms with Gasteiger partial charge >= 0.3 is 0 Å². The molecule has 0 saturated carbocycles. The maximum Gasteiger partial charge on any atom is 0.205 e. The molecule has 0 radical (unpaired) electrons. The van der Waals surface area contributed by atoms with Crippen molar-refractivity contribution < 1.29 is 17.9 Å². The Balaban J connectivity index is 2.29. The summed E-state index contributed by atoms with van der Waals surface area (Å²) in [6.45, 7) is 1.14. The van der Waals surface area contributed by atoms with E-state index in [2.05, 4.69) is 0 Å². The van der Waals surface area contributed by atoms with Crippen LogP contribution in [0.25, 0.3) is 0 Å². The van der Waals surface area contributed by atoms with E-state index in [0.717, 1.165) is 18.7 Å². The lowest BCUT2D eigenvalue weighted by atomic mass is 9.82. The highest BCUT2D eigenvalue weighted by atomic mass is 19.2. The summed E-state index contributed by atoms with van der Waals surface area (Å²) in [5.41, 5.74) is 6.43. The van der Waals surface area contributed by atoms with Crippen LogP contribution in [-0.4, -0.2) is 14.1 Å². The van der Waals surface area contributed by atoms with Gasteiger partial charge in [0, 0.05) is 42.5 Å². The molecule has 1 aliphatic heterocycles. The van der Waals surface area contributed by atoms with E-state index in [9.17, 15) is 18.4 Å². The fourth-order valence-electron chi connectivity index (χ4n) is 3.01. The van der Waals surface area contributed by atoms with Gasteiger partial charge in [0.2, 0.25) is 5.88 Å². The van der Waals surface area contributed by atoms with Gasteiger partial charge < -0.3 is 15.4 Å². The van der Waals surface area contributed by atoms with Crippen molar-refractivity contribution in [3.8, 4) is 11.8 Å². The number of hydrogen-bond donors (Lipinski definition) is 1. The molecule has 0 bridgehead atoms. The number of anilines is 1. The molecule has 0 amide bonds. The molecule has 26 heavy (non-hydrogen) atoms. The standard InChI is InChI=1S/C19H16F3N3O/c1-9-17(21)12(7-14(20)18(9)22)16-11-5-4-10(25(2)3)6-15(11)26-19(24)13(16)8-23/h4-7,16H,24H2,1-3H3. The molecule has 4 nitrogen and oxygen atoms in total. The van der Waals surface area contributed by atoms with Crippen LogP contribution < -0.4 is 15.4 Å². The molecule has 0 saturated heterocycles. The van der Waals surface area contributed by atoms with E-state index in [-0.39, 0.29) is 17.0 Å². The van der Waals surface area contributed by atoms with E-state index >= 15 is 0 Å². The molecular weight excluding hydrogens is 343 g/mol. The van der Waals surface area contributed by atoms with Gasteiger partial charge in [0.15, 0.2) is 11.6 Å². The summed E-state index contributed by atoms with van der Waals surface area (Å²) in [5.74, 6) is -4.21. The maximum absolute atomic E-state index is 14.7. The Bertz CT molecular complexity index is 977. The van der Waals surface area contributed by atoms with Crippen LogP contribution in [0.4, 0.5) is 18.9 Å². The number of nitrogens with zero attached hydrogens (tertiary/aromatic N) is 2. The van der Waals surface area contributed by atoms with Gasteiger partial charge in [-0.05, 0) is 19.1 Å². The Hall–Kier alpha value is -3.14. The third kappa shape index (κ3) is 2.64. The molecular formula is C19H16F3N3O. The molecule has 134 valence electrons. The highest BCUT2D eigenvalue weighted by molar-refractivity contribution is 5.61. The normalized spacial score (nSPS) is 16.0. The number of benzene rings is 2. The van der Waals surface area contributed by atoms with Crippen LogP contribution >= 0.6 is 0 Å². The van der Waals surface area contributed by atoms with Gasteiger partial charge in [0.05, 0.1) is 5.92 Å². The molecule has 0 aliphatic carbocycles. The van der Waals surface area contributed by atoms with E-state index in [1.54, 1.807) is 18.2 Å². The van der Waals surface area contributed by atoms with Gasteiger partial charge in [0.1, 0.15) is 23.2 Å². The van der Waals surface area contributed by atoms with Crippen molar-refractivity contribution in [3.05, 3.63) is 69.9 Å². The molecule has 2 N–H and O–H groups in total. The van der Waals surface area contributed by atoms with E-state index in [0.29, 0.717) is 11.3 Å². The third-order valence-electron chi connectivity index (χ3n) is 4.43. The van der Waals surface area contributed by atoms with Crippen LogP contribution in [0.15, 0.2) is 35.7 Å². The minimum atomic E-state index is -1.25. The summed E-state index contributed by atoms with van der Waals surface area (Å²) < 4.78 is 47.9. The first-order chi connectivity index (χ1) is 12.3. The average Bonchev–Trinajstić information content (AvgIpc) is 2.61. The molecule has 0 spiro atoms. The van der Waals surface area contributed by atoms with E-state index in [1.165, 1.54) is 0 Å². The van der Waals surface area contributed by atoms with Crippen molar-refractivity contribution in [1.29, 1.82) is 5.26 Å². The quantitative estimate of drug-likeness (QED) is 0.831. The number of rotatable bonds is 2. The maximum atomic E-state index is 14.7. The number of fused-ring (bicyclic) bond motifs is 1. The topological polar surface area (TPSA) is 62.3 Å². The lowest BCUT2D eigenvalue weighted by molar-refractivity contribution is 0.391. The fraction of sp³-hybridized carbons (Fsp3) is 0.211. The Morgan fingerprint density at radius 3 is 2.42 bits per heavy atom. The Kier molecular flexibility index (Phi) is 4.28. The molecule has 7 heteroatoms. The molecule has 1 heterocycles. The van der Waals surface area contributed by atoms with Crippen molar-refractivity contribution >= 4 is 5.69 Å². The molecule has 0 fully saturated rings. The minimum absolute atomic E-state index is 0.0561. The summed E-state index contributed by atoms with van der Waals surface area (Å²) in [6, 6.07) is 7.77. The summed E-state index contributed by atoms with van der Waals surface area (Å²) in [4.78, 5) is 1.83. The number of hydrogen-bond acceptors (Lipinski definition) is 4. The van der Waals surface area contributed by atoms with Gasteiger partial charge in [-0.3, -0.25) is 0 Å². The lowest BCUT2D eigenvalue weighted by Gasteiger charge is -2.28. The van der Waals surface area contributed by atoms with E-state index in [4.69, 9.17) is 10.5 Å². The number of nitriles is 1. The first-order valence-corrected chi connectivity index (χ1v) is 7.79. The molecule has 1 unspecified atom stereocenters. The van der Waals surface area contributed by atoms with Crippen LogP contribution in [0.5, 0.6) is 5.75 Å². The van der Waals surface area contributed by atoms with Crippen molar-refractivity contribution in [2.75, 3.05) is 19.0 Å². The largest absolute Gasteiger partial charge is 0.440 e. The van der Waals surface area contributed by atoms with Crippen LogP contribution in [-0.2, 0) is 0 Å². The Morgan fingerprint density at radius 2 is 1.81 bits per heavy atom. The molecule has 0 aromatic heterocycles. The van der Waals surface area contributed by atoms with Gasteiger partial charge in [-0.15, -0.1) is 0 Å². The first kappa shape index (κ1) is 17.7. The summed E-state index contributed by atoms with van der Waals surface area (Å²) in [7, 11) is 3.67. The number of ether oxygens (including phenoxy) is 1. The lowest BCUT2D eigenvalue weighted by Crippen LogP contribution is -2.22. The zero-order valence-corrected chi connectivity index (χ0v) is 14.4. The van der Waals surface area contributed by atoms with Crippen molar-refractivity contribution in [2.45, 2.75) is 12.8 Å². The van der Waals surface area contributed by atoms with E-state index in [1.807, 2.05) is 25.1 Å². The summed E-state index contributed by atoms with van der Waals surface area (Å²) in [5, 5.41) is 9.48. The number of halogens is 3. The van der Waals surface area contributed by atoms with Gasteiger partial charge in [0.25, 0.3) is 0 Å². The average molecular weight is 359 g/mol. The predicted octanol–water partition coefficient (Wildman–Crippen LogP) is 3.70. The van der Waals surface area contributed by atoms with Crippen LogP contribution in [0, 0.1) is 35.7 Å². The molecule has 1 aliphatic rings. The van der Waals surface area contributed by atoms with Gasteiger partial charge in [-0.25, -0.2) is 13.2 Å². The van der Waals surface area contributed by atoms with E-state index < -0.39 is 28.9 Å². The zero-order chi connectivity index (χ0) is 19.2. The van der Waals surface area contributed by atoms with Crippen molar-refractivity contribution in [1.82, 2.24) is 0 Å². The fourth-order valence-corrected chi connectivity index (χ4v) is 3.01. The molecule has 2 aromatic carbocycles. The zero-order valence-electron chi connectivity index (χ0n) is 14.4. The smallest absolute Gasteiger partial charge is 0.205 e. The second kappa shape index (κ2) is 6.30. The predicted molar refractivity (Wildman–Crippen MR) is 91.1 cm³/mol. The first-order valence-electron chi connectivity index (χ1n) is 7.79. The van der Waals surface area contributed by atoms with Crippen LogP contribution in [0.3, 0.4) is 0 Å². The molecule has 3 rings (SSSR count). The number of allylic oxidation sites excluding steroid dienone is 1. The second-order valence-electron chi connectivity index (χ2n) is 6.24. The van der Waals surface area contributed by atoms with Gasteiger partial charge in [-0.1, -0.05) is 6.07 Å². The Morgan fingerprint density at radius 1 is 1.12 bits per heavy atom. The summed E-state index contributed by atoms with van der Waals surface area (Å²) in [6.07, 6.45) is 0. The van der Waals surface area contributed by atoms with Crippen molar-refractivity contribution in [2.24, 2.45) is 5.73 Å². The molecule has 1 atom stereocenters. The highest BCUT2D eigenvalue weighted by Crippen LogP contribution is 2.44. The monoisotopic (exact) mass is 359 g/mol. The minimum Gasteiger partial charge on any atom is -0.440 e. The Labute approximate surface area is 148 Å². The number of nitrogens with two attached hydrogens (primary N) is 1. The highest BCUT2D eigenvalue weighted by Gasteiger charge is 2.34.